The zero-order valence-electron chi connectivity index (χ0n) is 13.9. The molecule has 2 aromatic heterocycles. The van der Waals surface area contributed by atoms with Crippen molar-refractivity contribution in [2.24, 2.45) is 0 Å². The molecular formula is C18H23N5O. The highest BCUT2D eigenvalue weighted by atomic mass is 16.2. The van der Waals surface area contributed by atoms with E-state index in [1.807, 2.05) is 23.1 Å². The number of hydrogen-bond acceptors (Lipinski definition) is 4. The third kappa shape index (κ3) is 3.33. The fourth-order valence-corrected chi connectivity index (χ4v) is 3.54. The van der Waals surface area contributed by atoms with Crippen LogP contribution < -0.4 is 0 Å². The van der Waals surface area contributed by atoms with Crippen LogP contribution in [-0.2, 0) is 30.8 Å². The molecule has 0 spiro atoms. The molecule has 1 fully saturated rings. The minimum atomic E-state index is 0.129. The largest absolute Gasteiger partial charge is 0.333 e. The van der Waals surface area contributed by atoms with E-state index in [-0.39, 0.29) is 5.91 Å². The minimum Gasteiger partial charge on any atom is -0.333 e. The number of carbonyl (C=O) groups is 1. The molecule has 6 heteroatoms. The molecule has 0 bridgehead atoms. The summed E-state index contributed by atoms with van der Waals surface area (Å²) < 4.78 is 2.20. The fourth-order valence-electron chi connectivity index (χ4n) is 3.54. The van der Waals surface area contributed by atoms with Gasteiger partial charge in [0.1, 0.15) is 5.82 Å². The Hall–Kier alpha value is -2.21. The SMILES string of the molecule is O=C(Cc1ccccn1)N1CCn2cc(CN3CCCC3)nc2C1. The van der Waals surface area contributed by atoms with Gasteiger partial charge in [-0.2, -0.15) is 0 Å². The van der Waals surface area contributed by atoms with Crippen molar-refractivity contribution in [1.82, 2.24) is 24.3 Å². The van der Waals surface area contributed by atoms with E-state index < -0.39 is 0 Å². The van der Waals surface area contributed by atoms with Gasteiger partial charge >= 0.3 is 0 Å². The molecule has 0 saturated carbocycles. The molecule has 4 heterocycles. The van der Waals surface area contributed by atoms with E-state index in [0.717, 1.165) is 36.8 Å². The number of pyridine rings is 1. The molecule has 2 aliphatic rings. The highest BCUT2D eigenvalue weighted by Crippen LogP contribution is 2.17. The molecule has 1 saturated heterocycles. The number of carbonyl (C=O) groups excluding carboxylic acids is 1. The van der Waals surface area contributed by atoms with E-state index in [1.54, 1.807) is 6.20 Å². The maximum Gasteiger partial charge on any atom is 0.229 e. The molecule has 0 N–H and O–H groups in total. The Balaban J connectivity index is 1.39. The summed E-state index contributed by atoms with van der Waals surface area (Å²) in [6.45, 7) is 5.47. The van der Waals surface area contributed by atoms with Gasteiger partial charge in [-0.1, -0.05) is 6.07 Å². The van der Waals surface area contributed by atoms with Crippen molar-refractivity contribution < 1.29 is 4.79 Å². The maximum atomic E-state index is 12.5. The molecule has 0 unspecified atom stereocenters. The highest BCUT2D eigenvalue weighted by molar-refractivity contribution is 5.78. The molecule has 6 nitrogen and oxygen atoms in total. The lowest BCUT2D eigenvalue weighted by Gasteiger charge is -2.27. The van der Waals surface area contributed by atoms with Crippen molar-refractivity contribution in [2.45, 2.75) is 38.9 Å². The van der Waals surface area contributed by atoms with Crippen LogP contribution in [0.5, 0.6) is 0 Å². The van der Waals surface area contributed by atoms with Crippen LogP contribution in [0.3, 0.4) is 0 Å². The summed E-state index contributed by atoms with van der Waals surface area (Å²) in [5, 5.41) is 0. The number of imidazole rings is 1. The molecule has 2 aromatic rings. The number of fused-ring (bicyclic) bond motifs is 1. The van der Waals surface area contributed by atoms with Crippen LogP contribution in [0.2, 0.25) is 0 Å². The smallest absolute Gasteiger partial charge is 0.229 e. The first kappa shape index (κ1) is 15.3. The van der Waals surface area contributed by atoms with Crippen LogP contribution in [0.15, 0.2) is 30.6 Å². The molecule has 126 valence electrons. The standard InChI is InChI=1S/C18H23N5O/c24-18(11-15-5-1-2-6-19-15)23-10-9-22-13-16(20-17(22)14-23)12-21-7-3-4-8-21/h1-2,5-6,13H,3-4,7-12,14H2. The van der Waals surface area contributed by atoms with Gasteiger partial charge in [0.15, 0.2) is 0 Å². The molecule has 1 amide bonds. The first-order valence-corrected chi connectivity index (χ1v) is 8.73. The molecule has 24 heavy (non-hydrogen) atoms. The second kappa shape index (κ2) is 6.73. The summed E-state index contributed by atoms with van der Waals surface area (Å²) >= 11 is 0. The normalized spacial score (nSPS) is 17.9. The molecule has 4 rings (SSSR count). The number of hydrogen-bond donors (Lipinski definition) is 0. The zero-order chi connectivity index (χ0) is 16.4. The van der Waals surface area contributed by atoms with Crippen LogP contribution in [0.4, 0.5) is 0 Å². The van der Waals surface area contributed by atoms with Gasteiger partial charge in [0.25, 0.3) is 0 Å². The van der Waals surface area contributed by atoms with Crippen molar-refractivity contribution >= 4 is 5.91 Å². The Bertz CT molecular complexity index is 705. The van der Waals surface area contributed by atoms with E-state index >= 15 is 0 Å². The van der Waals surface area contributed by atoms with Gasteiger partial charge in [-0.25, -0.2) is 4.98 Å². The summed E-state index contributed by atoms with van der Waals surface area (Å²) in [4.78, 5) is 25.9. The van der Waals surface area contributed by atoms with Crippen molar-refractivity contribution in [3.63, 3.8) is 0 Å². The Morgan fingerprint density at radius 3 is 2.75 bits per heavy atom. The summed E-state index contributed by atoms with van der Waals surface area (Å²) in [5.41, 5.74) is 1.96. The molecular weight excluding hydrogens is 302 g/mol. The Morgan fingerprint density at radius 1 is 1.08 bits per heavy atom. The summed E-state index contributed by atoms with van der Waals surface area (Å²) in [5.74, 6) is 1.13. The van der Waals surface area contributed by atoms with Gasteiger partial charge < -0.3 is 9.47 Å². The predicted molar refractivity (Wildman–Crippen MR) is 90.1 cm³/mol. The maximum absolute atomic E-state index is 12.5. The van der Waals surface area contributed by atoms with E-state index in [9.17, 15) is 4.79 Å². The first-order valence-electron chi connectivity index (χ1n) is 8.73. The lowest BCUT2D eigenvalue weighted by atomic mass is 10.2. The molecule has 0 aliphatic carbocycles. The Labute approximate surface area is 142 Å². The fraction of sp³-hybridized carbons (Fsp3) is 0.500. The summed E-state index contributed by atoms with van der Waals surface area (Å²) in [7, 11) is 0. The van der Waals surface area contributed by atoms with Crippen molar-refractivity contribution in [2.75, 3.05) is 19.6 Å². The minimum absolute atomic E-state index is 0.129. The lowest BCUT2D eigenvalue weighted by Crippen LogP contribution is -2.39. The number of rotatable bonds is 4. The van der Waals surface area contributed by atoms with Crippen LogP contribution in [-0.4, -0.2) is 49.9 Å². The molecule has 2 aliphatic heterocycles. The van der Waals surface area contributed by atoms with Crippen molar-refractivity contribution in [1.29, 1.82) is 0 Å². The van der Waals surface area contributed by atoms with Crippen molar-refractivity contribution in [3.8, 4) is 0 Å². The van der Waals surface area contributed by atoms with Gasteiger partial charge in [0.2, 0.25) is 5.91 Å². The highest BCUT2D eigenvalue weighted by Gasteiger charge is 2.23. The topological polar surface area (TPSA) is 54.3 Å². The second-order valence-electron chi connectivity index (χ2n) is 6.64. The Kier molecular flexibility index (Phi) is 4.30. The average Bonchev–Trinajstić information content (AvgIpc) is 3.24. The predicted octanol–water partition coefficient (Wildman–Crippen LogP) is 1.46. The van der Waals surface area contributed by atoms with Gasteiger partial charge in [0, 0.05) is 37.7 Å². The second-order valence-corrected chi connectivity index (χ2v) is 6.64. The summed E-state index contributed by atoms with van der Waals surface area (Å²) in [6.07, 6.45) is 6.85. The molecule has 0 aromatic carbocycles. The first-order chi connectivity index (χ1) is 11.8. The van der Waals surface area contributed by atoms with Crippen molar-refractivity contribution in [3.05, 3.63) is 47.8 Å². The lowest BCUT2D eigenvalue weighted by molar-refractivity contribution is -0.132. The zero-order valence-corrected chi connectivity index (χ0v) is 13.9. The molecule has 0 radical (unpaired) electrons. The van der Waals surface area contributed by atoms with Gasteiger partial charge in [-0.3, -0.25) is 14.7 Å². The van der Waals surface area contributed by atoms with Crippen LogP contribution in [0, 0.1) is 0 Å². The third-order valence-corrected chi connectivity index (χ3v) is 4.85. The van der Waals surface area contributed by atoms with Gasteiger partial charge in [0.05, 0.1) is 18.7 Å². The number of likely N-dealkylation sites (tertiary alicyclic amines) is 1. The third-order valence-electron chi connectivity index (χ3n) is 4.85. The van der Waals surface area contributed by atoms with E-state index in [0.29, 0.717) is 13.0 Å². The summed E-state index contributed by atoms with van der Waals surface area (Å²) in [6, 6.07) is 5.69. The number of aromatic nitrogens is 3. The number of amides is 1. The number of nitrogens with zero attached hydrogens (tertiary/aromatic N) is 5. The van der Waals surface area contributed by atoms with Gasteiger partial charge in [-0.05, 0) is 38.1 Å². The molecule has 0 atom stereocenters. The monoisotopic (exact) mass is 325 g/mol. The quantitative estimate of drug-likeness (QED) is 0.854. The van der Waals surface area contributed by atoms with Gasteiger partial charge in [-0.15, -0.1) is 0 Å². The Morgan fingerprint density at radius 2 is 1.96 bits per heavy atom. The van der Waals surface area contributed by atoms with E-state index in [1.165, 1.54) is 25.9 Å². The van der Waals surface area contributed by atoms with Crippen LogP contribution in [0.1, 0.15) is 30.1 Å². The van der Waals surface area contributed by atoms with Crippen LogP contribution >= 0.6 is 0 Å². The average molecular weight is 325 g/mol. The van der Waals surface area contributed by atoms with E-state index in [4.69, 9.17) is 4.98 Å². The van der Waals surface area contributed by atoms with E-state index in [2.05, 4.69) is 20.6 Å². The van der Waals surface area contributed by atoms with Crippen LogP contribution in [0.25, 0.3) is 0 Å².